The Bertz CT molecular complexity index is 842. The molecule has 0 saturated heterocycles. The molecule has 0 aliphatic heterocycles. The Hall–Kier alpha value is -2.90. The summed E-state index contributed by atoms with van der Waals surface area (Å²) in [7, 11) is 0. The van der Waals surface area contributed by atoms with Gasteiger partial charge in [-0.1, -0.05) is 37.5 Å². The fraction of sp³-hybridized carbons (Fsp3) is 0.250. The number of esters is 4. The molecule has 188 valence electrons. The van der Waals surface area contributed by atoms with Gasteiger partial charge < -0.3 is 18.9 Å². The third-order valence-corrected chi connectivity index (χ3v) is 3.99. The molecule has 0 aromatic heterocycles. The van der Waals surface area contributed by atoms with Crippen molar-refractivity contribution >= 4 is 23.9 Å². The minimum atomic E-state index is -0.634. The molecule has 1 rings (SSSR count). The van der Waals surface area contributed by atoms with Crippen LogP contribution >= 0.6 is 0 Å². The normalized spacial score (nSPS) is 10.5. The van der Waals surface area contributed by atoms with E-state index in [0.29, 0.717) is 11.1 Å². The predicted molar refractivity (Wildman–Crippen MR) is 117 cm³/mol. The van der Waals surface area contributed by atoms with Gasteiger partial charge in [0.05, 0.1) is 22.3 Å². The maximum Gasteiger partial charge on any atom is 2.00 e. The Balaban J connectivity index is 0. The second-order valence-electron chi connectivity index (χ2n) is 6.02. The van der Waals surface area contributed by atoms with Crippen molar-refractivity contribution in [2.75, 3.05) is 26.4 Å². The zero-order chi connectivity index (χ0) is 23.9. The van der Waals surface area contributed by atoms with Gasteiger partial charge in [-0.15, -0.1) is 0 Å². The quantitative estimate of drug-likeness (QED) is 0.0943. The van der Waals surface area contributed by atoms with Gasteiger partial charge >= 0.3 is 58.0 Å². The fourth-order valence-corrected chi connectivity index (χ4v) is 2.25. The number of allylic oxidation sites excluding steroid dienone is 2. The van der Waals surface area contributed by atoms with Crippen LogP contribution in [0.3, 0.4) is 0 Å². The van der Waals surface area contributed by atoms with Gasteiger partial charge in [-0.05, 0) is 38.1 Å². The molecule has 0 N–H and O–H groups in total. The Labute approximate surface area is 220 Å². The summed E-state index contributed by atoms with van der Waals surface area (Å²) in [5.41, 5.74) is 1.06. The number of benzene rings is 1. The first kappa shape index (κ1) is 33.3. The van der Waals surface area contributed by atoms with Crippen LogP contribution in [0, 0.1) is 0 Å². The van der Waals surface area contributed by atoms with Gasteiger partial charge in [0.15, 0.2) is 0 Å². The van der Waals surface area contributed by atoms with E-state index in [0.717, 1.165) is 0 Å². The van der Waals surface area contributed by atoms with Crippen LogP contribution < -0.4 is 0 Å². The second kappa shape index (κ2) is 18.5. The predicted octanol–water partition coefficient (Wildman–Crippen LogP) is 3.35. The average Bonchev–Trinajstić information content (AvgIpc) is 2.81. The monoisotopic (exact) mass is 568 g/mol. The van der Waals surface area contributed by atoms with E-state index in [2.05, 4.69) is 13.2 Å². The van der Waals surface area contributed by atoms with E-state index >= 15 is 0 Å². The van der Waals surface area contributed by atoms with Crippen molar-refractivity contribution in [2.45, 2.75) is 13.8 Å². The van der Waals surface area contributed by atoms with E-state index in [1.165, 1.54) is 36.4 Å². The van der Waals surface area contributed by atoms with Gasteiger partial charge in [-0.3, -0.25) is 0 Å². The number of hydrogen-bond donors (Lipinski definition) is 0. The van der Waals surface area contributed by atoms with E-state index in [1.807, 2.05) is 0 Å². The van der Waals surface area contributed by atoms with Crippen LogP contribution in [0.4, 0.5) is 0 Å². The largest absolute Gasteiger partial charge is 2.00 e. The van der Waals surface area contributed by atoms with Gasteiger partial charge in [0.1, 0.15) is 26.4 Å². The molecule has 0 amide bonds. The van der Waals surface area contributed by atoms with Gasteiger partial charge in [0.25, 0.3) is 0 Å². The Kier molecular flexibility index (Phi) is 18.1. The summed E-state index contributed by atoms with van der Waals surface area (Å²) >= 11 is 0. The molecule has 34 heavy (non-hydrogen) atoms. The van der Waals surface area contributed by atoms with Crippen LogP contribution in [-0.2, 0) is 62.7 Å². The molecule has 1 aromatic carbocycles. The molecule has 2 radical (unpaired) electrons. The van der Waals surface area contributed by atoms with E-state index in [9.17, 15) is 19.2 Å². The first-order valence-corrected chi connectivity index (χ1v) is 9.73. The van der Waals surface area contributed by atoms with Gasteiger partial charge in [0.2, 0.25) is 0 Å². The Morgan fingerprint density at radius 1 is 0.647 bits per heavy atom. The molecule has 0 unspecified atom stereocenters. The third kappa shape index (κ3) is 11.3. The molecular formula is C24H26Cu2O8+4. The average molecular weight is 570 g/mol. The van der Waals surface area contributed by atoms with Gasteiger partial charge in [-0.2, -0.15) is 0 Å². The summed E-state index contributed by atoms with van der Waals surface area (Å²) in [6.45, 7) is 9.89. The van der Waals surface area contributed by atoms with Crippen LogP contribution in [0.5, 0.6) is 0 Å². The van der Waals surface area contributed by atoms with Crippen LogP contribution in [0.2, 0.25) is 0 Å². The number of carbonyl (C=O) groups is 4. The maximum absolute atomic E-state index is 12.0. The van der Waals surface area contributed by atoms with Crippen molar-refractivity contribution in [3.63, 3.8) is 0 Å². The van der Waals surface area contributed by atoms with Crippen LogP contribution in [0.15, 0.2) is 72.9 Å². The molecular weight excluding hydrogens is 543 g/mol. The third-order valence-electron chi connectivity index (χ3n) is 3.99. The van der Waals surface area contributed by atoms with Gasteiger partial charge in [-0.25, -0.2) is 19.2 Å². The summed E-state index contributed by atoms with van der Waals surface area (Å²) in [5, 5.41) is 0. The first-order valence-electron chi connectivity index (χ1n) is 9.73. The summed E-state index contributed by atoms with van der Waals surface area (Å²) in [4.78, 5) is 47.3. The molecule has 0 fully saturated rings. The molecule has 8 nitrogen and oxygen atoms in total. The molecule has 10 heteroatoms. The zero-order valence-electron chi connectivity index (χ0n) is 18.7. The number of hydrogen-bond acceptors (Lipinski definition) is 8. The molecule has 0 saturated carbocycles. The minimum absolute atomic E-state index is 0. The molecule has 0 atom stereocenters. The number of ether oxygens (including phenoxy) is 4. The Morgan fingerprint density at radius 2 is 0.941 bits per heavy atom. The van der Waals surface area contributed by atoms with E-state index in [-0.39, 0.29) is 71.7 Å². The SMILES string of the molecule is C=C/C(=C\C)C(=O)OCCOC(=O)c1ccc(C(=O)OCCOC(=O)/C(C=C)=C/C)cc1.[Cu+2].[Cu+2]. The minimum Gasteiger partial charge on any atom is -0.458 e. The molecule has 0 bridgehead atoms. The van der Waals surface area contributed by atoms with E-state index < -0.39 is 23.9 Å². The second-order valence-corrected chi connectivity index (χ2v) is 6.02. The summed E-state index contributed by atoms with van der Waals surface area (Å²) < 4.78 is 20.0. The topological polar surface area (TPSA) is 105 Å². The van der Waals surface area contributed by atoms with Crippen LogP contribution in [-0.4, -0.2) is 50.3 Å². The maximum atomic E-state index is 12.0. The number of rotatable bonds is 12. The van der Waals surface area contributed by atoms with Crippen molar-refractivity contribution in [3.05, 3.63) is 84.0 Å². The summed E-state index contributed by atoms with van der Waals surface area (Å²) in [6, 6.07) is 5.62. The van der Waals surface area contributed by atoms with E-state index in [1.54, 1.807) is 26.0 Å². The van der Waals surface area contributed by atoms with Crippen molar-refractivity contribution in [1.29, 1.82) is 0 Å². The molecule has 1 aromatic rings. The number of carbonyl (C=O) groups excluding carboxylic acids is 4. The smallest absolute Gasteiger partial charge is 0.458 e. The van der Waals surface area contributed by atoms with Crippen molar-refractivity contribution < 1.29 is 72.3 Å². The van der Waals surface area contributed by atoms with Gasteiger partial charge in [0, 0.05) is 0 Å². The van der Waals surface area contributed by atoms with Crippen molar-refractivity contribution in [2.24, 2.45) is 0 Å². The zero-order valence-corrected chi connectivity index (χ0v) is 20.6. The van der Waals surface area contributed by atoms with Crippen molar-refractivity contribution in [3.8, 4) is 0 Å². The van der Waals surface area contributed by atoms with Crippen molar-refractivity contribution in [1.82, 2.24) is 0 Å². The Morgan fingerprint density at radius 3 is 1.21 bits per heavy atom. The molecule has 0 heterocycles. The summed E-state index contributed by atoms with van der Waals surface area (Å²) in [6.07, 6.45) is 5.86. The van der Waals surface area contributed by atoms with Crippen LogP contribution in [0.1, 0.15) is 34.6 Å². The molecule has 0 aliphatic carbocycles. The molecule has 0 spiro atoms. The van der Waals surface area contributed by atoms with Crippen LogP contribution in [0.25, 0.3) is 0 Å². The fourth-order valence-electron chi connectivity index (χ4n) is 2.25. The standard InChI is InChI=1S/C24H26O8.2Cu/c1-5-17(6-2)21(25)29-13-15-31-23(27)19-9-11-20(12-10-19)24(28)32-16-14-30-22(26)18(7-3)8-4;;/h5-12H,1,3,13-16H2,2,4H3;;/q;2*+2/b17-6+,18-8+;;. The summed E-state index contributed by atoms with van der Waals surface area (Å²) in [5.74, 6) is -2.38. The van der Waals surface area contributed by atoms with E-state index in [4.69, 9.17) is 18.9 Å². The first-order chi connectivity index (χ1) is 15.4. The molecule has 0 aliphatic rings.